The summed E-state index contributed by atoms with van der Waals surface area (Å²) in [6.07, 6.45) is 8.06. The van der Waals surface area contributed by atoms with Gasteiger partial charge in [0.15, 0.2) is 0 Å². The first-order valence-corrected chi connectivity index (χ1v) is 12.5. The predicted molar refractivity (Wildman–Crippen MR) is 143 cm³/mol. The SMILES string of the molecule is c1ccc2cc(Cn3cc(CCCCc4cn(Cc5ccc6ccccc6c5)nn4)nn3)ccc2c1. The lowest BCUT2D eigenvalue weighted by Gasteiger charge is -2.03. The van der Waals surface area contributed by atoms with Crippen LogP contribution in [0, 0.1) is 0 Å². The Hall–Kier alpha value is -4.32. The second kappa shape index (κ2) is 10.1. The molecule has 0 aliphatic heterocycles. The molecule has 0 N–H and O–H groups in total. The number of rotatable bonds is 9. The Kier molecular flexibility index (Phi) is 6.23. The maximum atomic E-state index is 4.37. The first-order chi connectivity index (χ1) is 17.8. The molecular formula is C30H28N6. The molecule has 0 aliphatic rings. The summed E-state index contributed by atoms with van der Waals surface area (Å²) in [5, 5.41) is 22.4. The lowest BCUT2D eigenvalue weighted by atomic mass is 10.1. The number of aromatic nitrogens is 6. The van der Waals surface area contributed by atoms with Crippen LogP contribution in [0.2, 0.25) is 0 Å². The quantitative estimate of drug-likeness (QED) is 0.248. The predicted octanol–water partition coefficient (Wildman–Crippen LogP) is 5.84. The zero-order valence-corrected chi connectivity index (χ0v) is 20.2. The van der Waals surface area contributed by atoms with Gasteiger partial charge in [-0.3, -0.25) is 0 Å². The number of hydrogen-bond acceptors (Lipinski definition) is 4. The van der Waals surface area contributed by atoms with E-state index in [1.807, 2.05) is 9.36 Å². The summed E-state index contributed by atoms with van der Waals surface area (Å²) in [7, 11) is 0. The van der Waals surface area contributed by atoms with E-state index in [4.69, 9.17) is 0 Å². The molecule has 6 aromatic rings. The Balaban J connectivity index is 0.980. The van der Waals surface area contributed by atoms with Crippen molar-refractivity contribution in [2.75, 3.05) is 0 Å². The van der Waals surface area contributed by atoms with E-state index in [1.165, 1.54) is 32.7 Å². The van der Waals surface area contributed by atoms with Gasteiger partial charge in [0.05, 0.1) is 24.5 Å². The molecule has 0 radical (unpaired) electrons. The van der Waals surface area contributed by atoms with Crippen molar-refractivity contribution in [3.63, 3.8) is 0 Å². The second-order valence-corrected chi connectivity index (χ2v) is 9.39. The number of unbranched alkanes of at least 4 members (excludes halogenated alkanes) is 1. The average Bonchev–Trinajstić information content (AvgIpc) is 3.55. The van der Waals surface area contributed by atoms with Crippen LogP contribution >= 0.6 is 0 Å². The molecule has 0 unspecified atom stereocenters. The lowest BCUT2D eigenvalue weighted by molar-refractivity contribution is 0.648. The molecule has 36 heavy (non-hydrogen) atoms. The summed E-state index contributed by atoms with van der Waals surface area (Å²) in [5.41, 5.74) is 4.54. The van der Waals surface area contributed by atoms with Gasteiger partial charge in [-0.2, -0.15) is 0 Å². The minimum atomic E-state index is 0.734. The molecule has 0 spiro atoms. The van der Waals surface area contributed by atoms with Crippen LogP contribution in [0.5, 0.6) is 0 Å². The Morgan fingerprint density at radius 2 is 0.944 bits per heavy atom. The van der Waals surface area contributed by atoms with Crippen LogP contribution in [0.4, 0.5) is 0 Å². The van der Waals surface area contributed by atoms with Crippen LogP contribution in [0.3, 0.4) is 0 Å². The monoisotopic (exact) mass is 472 g/mol. The summed E-state index contributed by atoms with van der Waals surface area (Å²) >= 11 is 0. The molecule has 6 rings (SSSR count). The Morgan fingerprint density at radius 1 is 0.500 bits per heavy atom. The van der Waals surface area contributed by atoms with Crippen molar-refractivity contribution in [1.29, 1.82) is 0 Å². The fraction of sp³-hybridized carbons (Fsp3) is 0.200. The van der Waals surface area contributed by atoms with Crippen molar-refractivity contribution in [1.82, 2.24) is 30.0 Å². The van der Waals surface area contributed by atoms with Crippen molar-refractivity contribution in [2.45, 2.75) is 38.8 Å². The van der Waals surface area contributed by atoms with Crippen LogP contribution < -0.4 is 0 Å². The summed E-state index contributed by atoms with van der Waals surface area (Å²) in [6, 6.07) is 30.0. The van der Waals surface area contributed by atoms with Crippen molar-refractivity contribution in [3.8, 4) is 0 Å². The highest BCUT2D eigenvalue weighted by Gasteiger charge is 2.06. The fourth-order valence-corrected chi connectivity index (χ4v) is 4.72. The average molecular weight is 473 g/mol. The van der Waals surface area contributed by atoms with E-state index in [1.54, 1.807) is 0 Å². The van der Waals surface area contributed by atoms with Gasteiger partial charge in [-0.1, -0.05) is 83.2 Å². The van der Waals surface area contributed by atoms with Gasteiger partial charge in [0.2, 0.25) is 0 Å². The molecule has 0 atom stereocenters. The van der Waals surface area contributed by atoms with E-state index < -0.39 is 0 Å². The van der Waals surface area contributed by atoms with E-state index in [0.29, 0.717) is 0 Å². The molecule has 6 heteroatoms. The first-order valence-electron chi connectivity index (χ1n) is 12.5. The molecule has 0 bridgehead atoms. The smallest absolute Gasteiger partial charge is 0.0827 e. The van der Waals surface area contributed by atoms with E-state index >= 15 is 0 Å². The van der Waals surface area contributed by atoms with Gasteiger partial charge in [-0.05, 0) is 70.5 Å². The van der Waals surface area contributed by atoms with Crippen LogP contribution in [0.1, 0.15) is 35.4 Å². The molecule has 6 nitrogen and oxygen atoms in total. The minimum Gasteiger partial charge on any atom is -0.248 e. The normalized spacial score (nSPS) is 11.4. The van der Waals surface area contributed by atoms with E-state index in [2.05, 4.69) is 118 Å². The third-order valence-corrected chi connectivity index (χ3v) is 6.60. The topological polar surface area (TPSA) is 61.4 Å². The van der Waals surface area contributed by atoms with Crippen LogP contribution in [0.25, 0.3) is 21.5 Å². The first kappa shape index (κ1) is 22.2. The Morgan fingerprint density at radius 3 is 1.42 bits per heavy atom. The van der Waals surface area contributed by atoms with Gasteiger partial charge in [-0.15, -0.1) is 10.2 Å². The van der Waals surface area contributed by atoms with Gasteiger partial charge in [0.1, 0.15) is 0 Å². The largest absolute Gasteiger partial charge is 0.248 e. The summed E-state index contributed by atoms with van der Waals surface area (Å²) < 4.78 is 3.86. The molecule has 0 saturated carbocycles. The molecular weight excluding hydrogens is 444 g/mol. The van der Waals surface area contributed by atoms with Crippen molar-refractivity contribution in [2.24, 2.45) is 0 Å². The summed E-state index contributed by atoms with van der Waals surface area (Å²) in [5.74, 6) is 0. The van der Waals surface area contributed by atoms with Gasteiger partial charge >= 0.3 is 0 Å². The van der Waals surface area contributed by atoms with Gasteiger partial charge in [0, 0.05) is 12.4 Å². The Labute approximate surface area is 210 Å². The zero-order chi connectivity index (χ0) is 24.2. The number of fused-ring (bicyclic) bond motifs is 2. The standard InChI is InChI=1S/C30H28N6/c1-3-9-27-17-23(13-15-25(27)7-1)19-35-21-29(31-33-35)11-5-6-12-30-22-36(34-32-30)20-24-14-16-26-8-2-4-10-28(26)18-24/h1-4,7-10,13-18,21-22H,5-6,11-12,19-20H2. The van der Waals surface area contributed by atoms with Crippen molar-refractivity contribution < 1.29 is 0 Å². The molecule has 178 valence electrons. The van der Waals surface area contributed by atoms with Crippen molar-refractivity contribution >= 4 is 21.5 Å². The molecule has 2 aromatic heterocycles. The van der Waals surface area contributed by atoms with Crippen LogP contribution in [-0.4, -0.2) is 30.0 Å². The Bertz CT molecular complexity index is 1490. The maximum absolute atomic E-state index is 4.37. The highest BCUT2D eigenvalue weighted by atomic mass is 15.4. The van der Waals surface area contributed by atoms with Crippen LogP contribution in [0.15, 0.2) is 97.3 Å². The molecule has 0 fully saturated rings. The third kappa shape index (κ3) is 5.18. The number of nitrogens with zero attached hydrogens (tertiary/aromatic N) is 6. The lowest BCUT2D eigenvalue weighted by Crippen LogP contribution is -2.00. The molecule has 0 amide bonds. The second-order valence-electron chi connectivity index (χ2n) is 9.39. The molecule has 2 heterocycles. The molecule has 0 aliphatic carbocycles. The summed E-state index contributed by atoms with van der Waals surface area (Å²) in [6.45, 7) is 1.47. The number of benzene rings is 4. The minimum absolute atomic E-state index is 0.734. The molecule has 4 aromatic carbocycles. The van der Waals surface area contributed by atoms with Gasteiger partial charge in [-0.25, -0.2) is 9.36 Å². The fourth-order valence-electron chi connectivity index (χ4n) is 4.72. The van der Waals surface area contributed by atoms with E-state index in [0.717, 1.165) is 50.2 Å². The van der Waals surface area contributed by atoms with E-state index in [9.17, 15) is 0 Å². The number of hydrogen-bond donors (Lipinski definition) is 0. The third-order valence-electron chi connectivity index (χ3n) is 6.60. The zero-order valence-electron chi connectivity index (χ0n) is 20.2. The highest BCUT2D eigenvalue weighted by molar-refractivity contribution is 5.83. The van der Waals surface area contributed by atoms with Gasteiger partial charge < -0.3 is 0 Å². The van der Waals surface area contributed by atoms with Crippen LogP contribution in [-0.2, 0) is 25.9 Å². The molecule has 0 saturated heterocycles. The van der Waals surface area contributed by atoms with Crippen molar-refractivity contribution in [3.05, 3.63) is 120 Å². The van der Waals surface area contributed by atoms with E-state index in [-0.39, 0.29) is 0 Å². The summed E-state index contributed by atoms with van der Waals surface area (Å²) in [4.78, 5) is 0. The van der Waals surface area contributed by atoms with Gasteiger partial charge in [0.25, 0.3) is 0 Å². The number of aryl methyl sites for hydroxylation is 2. The highest BCUT2D eigenvalue weighted by Crippen LogP contribution is 2.18. The maximum Gasteiger partial charge on any atom is 0.0827 e.